The number of aliphatic hydroxyl groups is 1. The Kier molecular flexibility index (Phi) is 11.2. The van der Waals surface area contributed by atoms with Crippen molar-refractivity contribution in [2.75, 3.05) is 5.75 Å². The Bertz CT molecular complexity index is 1550. The van der Waals surface area contributed by atoms with Crippen LogP contribution in [0.5, 0.6) is 0 Å². The first-order chi connectivity index (χ1) is 21.9. The Balaban J connectivity index is 1.21. The number of aliphatic hydroxyl groups excluding tert-OH is 1. The number of benzene rings is 3. The summed E-state index contributed by atoms with van der Waals surface area (Å²) in [5.41, 5.74) is 4.48. The van der Waals surface area contributed by atoms with Gasteiger partial charge in [-0.05, 0) is 41.7 Å². The Labute approximate surface area is 267 Å². The van der Waals surface area contributed by atoms with E-state index in [0.29, 0.717) is 23.6 Å². The van der Waals surface area contributed by atoms with E-state index in [9.17, 15) is 19.9 Å². The summed E-state index contributed by atoms with van der Waals surface area (Å²) in [6.07, 6.45) is 1.44. The highest BCUT2D eigenvalue weighted by Crippen LogP contribution is 2.39. The van der Waals surface area contributed by atoms with Gasteiger partial charge in [0.25, 0.3) is 5.03 Å². The number of carbonyl (C=O) groups excluding carboxylic acids is 2. The molecule has 1 fully saturated rings. The number of urea groups is 1. The molecule has 3 N–H and O–H groups in total. The highest BCUT2D eigenvalue weighted by molar-refractivity contribution is 7.99. The number of hydrogen-bond acceptors (Lipinski definition) is 7. The highest BCUT2D eigenvalue weighted by Gasteiger charge is 2.32. The van der Waals surface area contributed by atoms with Gasteiger partial charge in [-0.15, -0.1) is 0 Å². The molecule has 0 saturated carbocycles. The lowest BCUT2D eigenvalue weighted by atomic mass is 10.0. The smallest absolute Gasteiger partial charge is 0.315 e. The van der Waals surface area contributed by atoms with E-state index in [-0.39, 0.29) is 31.1 Å². The molecule has 2 amide bonds. The summed E-state index contributed by atoms with van der Waals surface area (Å²) in [5, 5.41) is 27.8. The second-order valence-electron chi connectivity index (χ2n) is 10.9. The van der Waals surface area contributed by atoms with E-state index in [1.54, 1.807) is 12.1 Å². The Morgan fingerprint density at radius 2 is 1.60 bits per heavy atom. The van der Waals surface area contributed by atoms with Crippen molar-refractivity contribution in [2.45, 2.75) is 62.5 Å². The fourth-order valence-electron chi connectivity index (χ4n) is 5.06. The van der Waals surface area contributed by atoms with Crippen LogP contribution in [0, 0.1) is 5.21 Å². The number of ether oxygens (including phenoxy) is 2. The van der Waals surface area contributed by atoms with Gasteiger partial charge in [-0.3, -0.25) is 4.79 Å². The molecule has 0 spiro atoms. The maximum atomic E-state index is 12.6. The molecular formula is C35H37N3O6S. The molecule has 0 bridgehead atoms. The SMILES string of the molecule is CC(=O)C(Cc1ccccc1)NC(=O)NCc1ccc(C2OC(CSc3cccc[n+]3[O-])CC(c3ccc(CO)cc3)O2)cc1. The first-order valence-electron chi connectivity index (χ1n) is 14.9. The number of carbonyl (C=O) groups is 2. The van der Waals surface area contributed by atoms with Crippen LogP contribution in [-0.4, -0.2) is 34.8 Å². The van der Waals surface area contributed by atoms with Gasteiger partial charge in [0.1, 0.15) is 0 Å². The van der Waals surface area contributed by atoms with E-state index in [1.165, 1.54) is 24.9 Å². The van der Waals surface area contributed by atoms with Crippen LogP contribution in [0.1, 0.15) is 53.6 Å². The molecule has 5 rings (SSSR count). The number of ketones is 1. The number of nitrogens with zero attached hydrogens (tertiary/aromatic N) is 1. The molecule has 1 saturated heterocycles. The number of thioether (sulfide) groups is 1. The summed E-state index contributed by atoms with van der Waals surface area (Å²) >= 11 is 1.44. The fourth-order valence-corrected chi connectivity index (χ4v) is 5.99. The maximum absolute atomic E-state index is 12.6. The molecule has 9 nitrogen and oxygen atoms in total. The molecule has 4 atom stereocenters. The van der Waals surface area contributed by atoms with Crippen LogP contribution in [0.3, 0.4) is 0 Å². The van der Waals surface area contributed by atoms with Crippen LogP contribution in [0.25, 0.3) is 0 Å². The van der Waals surface area contributed by atoms with E-state index in [1.807, 2.05) is 84.9 Å². The first-order valence-corrected chi connectivity index (χ1v) is 15.9. The molecule has 1 aliphatic heterocycles. The van der Waals surface area contributed by atoms with Gasteiger partial charge < -0.3 is 30.4 Å². The van der Waals surface area contributed by atoms with Crippen molar-refractivity contribution in [3.8, 4) is 0 Å². The van der Waals surface area contributed by atoms with Gasteiger partial charge in [0.15, 0.2) is 18.3 Å². The van der Waals surface area contributed by atoms with E-state index >= 15 is 0 Å². The van der Waals surface area contributed by atoms with Gasteiger partial charge in [-0.25, -0.2) is 4.79 Å². The van der Waals surface area contributed by atoms with Crippen LogP contribution in [0.4, 0.5) is 4.79 Å². The standard InChI is InChI=1S/C35H37N3O6S/c1-24(40)31(19-25-7-3-2-4-8-25)37-35(41)36-21-26-10-16-29(17-11-26)34-43-30(23-45-33-9-5-6-18-38(33)42)20-32(44-34)28-14-12-27(22-39)13-15-28/h2-18,30-32,34,39H,19-23H2,1H3,(H2,36,37,41). The molecule has 4 aromatic rings. The number of aromatic nitrogens is 1. The maximum Gasteiger partial charge on any atom is 0.315 e. The number of Topliss-reactive ketones (excluding diaryl/α,β-unsaturated/α-hetero) is 1. The fraction of sp³-hybridized carbons (Fsp3) is 0.286. The second-order valence-corrected chi connectivity index (χ2v) is 12.0. The summed E-state index contributed by atoms with van der Waals surface area (Å²) in [6, 6.07) is 29.2. The predicted molar refractivity (Wildman–Crippen MR) is 171 cm³/mol. The number of nitrogens with one attached hydrogen (secondary N) is 2. The third kappa shape index (κ3) is 9.15. The summed E-state index contributed by atoms with van der Waals surface area (Å²) < 4.78 is 13.6. The minimum atomic E-state index is -0.637. The zero-order valence-corrected chi connectivity index (χ0v) is 25.8. The summed E-state index contributed by atoms with van der Waals surface area (Å²) in [5.74, 6) is 0.459. The van der Waals surface area contributed by atoms with Crippen molar-refractivity contribution in [1.82, 2.24) is 10.6 Å². The van der Waals surface area contributed by atoms with Crippen molar-refractivity contribution in [3.05, 3.63) is 136 Å². The quantitative estimate of drug-likeness (QED) is 0.113. The van der Waals surface area contributed by atoms with Crippen molar-refractivity contribution >= 4 is 23.6 Å². The van der Waals surface area contributed by atoms with E-state index in [4.69, 9.17) is 9.47 Å². The number of pyridine rings is 1. The van der Waals surface area contributed by atoms with E-state index in [2.05, 4.69) is 10.6 Å². The van der Waals surface area contributed by atoms with Gasteiger partial charge >= 0.3 is 6.03 Å². The zero-order valence-electron chi connectivity index (χ0n) is 25.0. The number of rotatable bonds is 12. The molecule has 2 heterocycles. The third-order valence-electron chi connectivity index (χ3n) is 7.60. The molecule has 234 valence electrons. The normalized spacial score (nSPS) is 18.6. The molecule has 0 radical (unpaired) electrons. The van der Waals surface area contributed by atoms with Crippen molar-refractivity contribution in [2.24, 2.45) is 0 Å². The van der Waals surface area contributed by atoms with Gasteiger partial charge in [-0.1, -0.05) is 90.6 Å². The second kappa shape index (κ2) is 15.7. The van der Waals surface area contributed by atoms with Crippen LogP contribution in [0.15, 0.2) is 108 Å². The molecule has 3 aromatic carbocycles. The van der Waals surface area contributed by atoms with Crippen molar-refractivity contribution in [3.63, 3.8) is 0 Å². The highest BCUT2D eigenvalue weighted by atomic mass is 32.2. The molecule has 10 heteroatoms. The van der Waals surface area contributed by atoms with E-state index in [0.717, 1.165) is 32.5 Å². The van der Waals surface area contributed by atoms with Gasteiger partial charge in [0.05, 0.1) is 24.9 Å². The van der Waals surface area contributed by atoms with E-state index < -0.39 is 18.4 Å². The summed E-state index contributed by atoms with van der Waals surface area (Å²) in [6.45, 7) is 1.72. The van der Waals surface area contributed by atoms with Crippen LogP contribution in [-0.2, 0) is 33.8 Å². The number of amides is 2. The molecule has 4 unspecified atom stereocenters. The molecule has 45 heavy (non-hydrogen) atoms. The van der Waals surface area contributed by atoms with Gasteiger partial charge in [0, 0.05) is 36.4 Å². The average molecular weight is 628 g/mol. The lowest BCUT2D eigenvalue weighted by Gasteiger charge is -2.36. The molecular weight excluding hydrogens is 590 g/mol. The lowest BCUT2D eigenvalue weighted by molar-refractivity contribution is -0.645. The molecule has 1 aromatic heterocycles. The number of hydrogen-bond donors (Lipinski definition) is 3. The minimum Gasteiger partial charge on any atom is -0.618 e. The summed E-state index contributed by atoms with van der Waals surface area (Å²) in [4.78, 5) is 24.8. The minimum absolute atomic E-state index is 0.0308. The Morgan fingerprint density at radius 1 is 0.911 bits per heavy atom. The molecule has 1 aliphatic rings. The first kappa shape index (κ1) is 32.2. The predicted octanol–water partition coefficient (Wildman–Crippen LogP) is 5.15. The van der Waals surface area contributed by atoms with Crippen LogP contribution in [0.2, 0.25) is 0 Å². The monoisotopic (exact) mass is 627 g/mol. The van der Waals surface area contributed by atoms with Gasteiger partial charge in [-0.2, -0.15) is 4.73 Å². The Morgan fingerprint density at radius 3 is 2.29 bits per heavy atom. The van der Waals surface area contributed by atoms with Gasteiger partial charge in [0.2, 0.25) is 0 Å². The molecule has 0 aliphatic carbocycles. The van der Waals surface area contributed by atoms with Crippen molar-refractivity contribution < 1.29 is 28.9 Å². The van der Waals surface area contributed by atoms with Crippen molar-refractivity contribution in [1.29, 1.82) is 0 Å². The Hall–Kier alpha value is -4.22. The topological polar surface area (TPSA) is 124 Å². The summed E-state index contributed by atoms with van der Waals surface area (Å²) in [7, 11) is 0. The van der Waals surface area contributed by atoms with Crippen LogP contribution < -0.4 is 15.4 Å². The van der Waals surface area contributed by atoms with Crippen LogP contribution >= 0.6 is 11.8 Å². The third-order valence-corrected chi connectivity index (χ3v) is 8.75. The lowest BCUT2D eigenvalue weighted by Crippen LogP contribution is -2.46. The zero-order chi connectivity index (χ0) is 31.6. The average Bonchev–Trinajstić information content (AvgIpc) is 3.07. The largest absolute Gasteiger partial charge is 0.618 e.